The fourth-order valence-corrected chi connectivity index (χ4v) is 4.06. The minimum Gasteiger partial charge on any atom is -0.463 e. The topological polar surface area (TPSA) is 123 Å². The highest BCUT2D eigenvalue weighted by Crippen LogP contribution is 2.31. The number of carbonyl (C=O) groups is 3. The van der Waals surface area contributed by atoms with Crippen LogP contribution >= 0.6 is 0 Å². The molecule has 2 unspecified atom stereocenters. The van der Waals surface area contributed by atoms with Gasteiger partial charge in [0.25, 0.3) is 5.56 Å². The predicted molar refractivity (Wildman–Crippen MR) is 103 cm³/mol. The van der Waals surface area contributed by atoms with Gasteiger partial charge in [0.1, 0.15) is 31.1 Å². The van der Waals surface area contributed by atoms with Gasteiger partial charge in [-0.05, 0) is 18.8 Å². The Hall–Kier alpha value is -2.82. The number of nitrogens with zero attached hydrogens (tertiary/aromatic N) is 2. The summed E-state index contributed by atoms with van der Waals surface area (Å²) < 4.78 is 31.8. The summed E-state index contributed by atoms with van der Waals surface area (Å²) in [5.41, 5.74) is -2.06. The number of halogens is 1. The summed E-state index contributed by atoms with van der Waals surface area (Å²) in [6, 6.07) is -1.04. The van der Waals surface area contributed by atoms with Gasteiger partial charge in [-0.15, -0.1) is 0 Å². The van der Waals surface area contributed by atoms with Gasteiger partial charge in [0.2, 0.25) is 5.82 Å². The van der Waals surface area contributed by atoms with Crippen LogP contribution in [0, 0.1) is 11.7 Å². The van der Waals surface area contributed by atoms with Gasteiger partial charge >= 0.3 is 17.6 Å². The van der Waals surface area contributed by atoms with Gasteiger partial charge in [0, 0.05) is 26.7 Å². The highest BCUT2D eigenvalue weighted by Gasteiger charge is 2.41. The van der Waals surface area contributed by atoms with Crippen LogP contribution in [0.15, 0.2) is 15.8 Å². The van der Waals surface area contributed by atoms with Gasteiger partial charge < -0.3 is 14.2 Å². The summed E-state index contributed by atoms with van der Waals surface area (Å²) in [4.78, 5) is 60.5. The van der Waals surface area contributed by atoms with Crippen molar-refractivity contribution in [1.82, 2.24) is 9.13 Å². The highest BCUT2D eigenvalue weighted by atomic mass is 19.1. The first kappa shape index (κ1) is 22.9. The number of rotatable bonds is 5. The Morgan fingerprint density at radius 1 is 1.19 bits per heavy atom. The van der Waals surface area contributed by atoms with Crippen molar-refractivity contribution < 1.29 is 33.0 Å². The second kappa shape index (κ2) is 9.13. The van der Waals surface area contributed by atoms with E-state index in [2.05, 4.69) is 0 Å². The third kappa shape index (κ3) is 4.92. The zero-order valence-corrected chi connectivity index (χ0v) is 17.5. The first-order valence-corrected chi connectivity index (χ1v) is 10.1. The van der Waals surface area contributed by atoms with Gasteiger partial charge in [-0.3, -0.25) is 23.7 Å². The molecule has 0 bridgehead atoms. The number of Topliss-reactive ketones (excluding diaryl/α,β-unsaturated/α-hetero) is 1. The van der Waals surface area contributed by atoms with E-state index in [-0.39, 0.29) is 37.6 Å². The van der Waals surface area contributed by atoms with Crippen LogP contribution < -0.4 is 11.2 Å². The molecule has 1 aromatic rings. The number of carbonyl (C=O) groups excluding carboxylic acids is 3. The number of esters is 2. The molecule has 31 heavy (non-hydrogen) atoms. The van der Waals surface area contributed by atoms with Crippen molar-refractivity contribution in [2.75, 3.05) is 6.61 Å². The molecule has 0 radical (unpaired) electrons. The van der Waals surface area contributed by atoms with E-state index < -0.39 is 53.5 Å². The molecule has 0 N–H and O–H groups in total. The average Bonchev–Trinajstić information content (AvgIpc) is 3.06. The second-order valence-electron chi connectivity index (χ2n) is 8.03. The Labute approximate surface area is 176 Å². The summed E-state index contributed by atoms with van der Waals surface area (Å²) in [5.74, 6) is -2.56. The fraction of sp³-hybridized carbons (Fsp3) is 0.650. The molecule has 11 heteroatoms. The molecule has 2 heterocycles. The third-order valence-corrected chi connectivity index (χ3v) is 5.53. The summed E-state index contributed by atoms with van der Waals surface area (Å²) in [6.45, 7) is 4.05. The van der Waals surface area contributed by atoms with Crippen molar-refractivity contribution in [2.24, 2.45) is 5.92 Å². The van der Waals surface area contributed by atoms with Crippen molar-refractivity contribution in [2.45, 2.75) is 70.9 Å². The van der Waals surface area contributed by atoms with Gasteiger partial charge in [-0.25, -0.2) is 9.36 Å². The monoisotopic (exact) mass is 440 g/mol. The second-order valence-corrected chi connectivity index (χ2v) is 8.03. The van der Waals surface area contributed by atoms with Crippen molar-refractivity contribution in [1.29, 1.82) is 0 Å². The molecule has 2 fully saturated rings. The Bertz CT molecular complexity index is 1000. The largest absolute Gasteiger partial charge is 0.463 e. The number of hydrogen-bond donors (Lipinski definition) is 0. The van der Waals surface area contributed by atoms with E-state index >= 15 is 0 Å². The van der Waals surface area contributed by atoms with Gasteiger partial charge in [0.15, 0.2) is 5.78 Å². The molecule has 0 spiro atoms. The molecule has 170 valence electrons. The molecule has 1 aromatic heterocycles. The number of ketones is 1. The SMILES string of the molecule is CC(=O)OC[C@H]1O[C@@H](n2cc(F)c(=O)n(C3CCC(C)CC3=O)c2=O)C[C@@H]1OC(C)=O. The molecule has 3 rings (SSSR count). The average molecular weight is 440 g/mol. The van der Waals surface area contributed by atoms with Crippen LogP contribution in [0.4, 0.5) is 4.39 Å². The Balaban J connectivity index is 1.95. The van der Waals surface area contributed by atoms with Crippen molar-refractivity contribution in [3.05, 3.63) is 32.9 Å². The van der Waals surface area contributed by atoms with E-state index in [0.717, 1.165) is 10.8 Å². The maximum Gasteiger partial charge on any atom is 0.333 e. The Morgan fingerprint density at radius 3 is 2.52 bits per heavy atom. The Morgan fingerprint density at radius 2 is 1.90 bits per heavy atom. The maximum atomic E-state index is 14.5. The molecule has 1 saturated heterocycles. The minimum atomic E-state index is -1.21. The maximum absolute atomic E-state index is 14.5. The molecule has 1 aliphatic carbocycles. The molecule has 1 aliphatic heterocycles. The first-order chi connectivity index (χ1) is 14.6. The standard InChI is InChI=1S/C20H25FN2O8/c1-10-4-5-14(15(26)6-10)23-19(27)13(21)8-22(20(23)28)18-7-16(30-12(3)25)17(31-18)9-29-11(2)24/h8,10,14,16-18H,4-7,9H2,1-3H3/t10?,14?,16-,17+,18+/m0/s1. The molecular weight excluding hydrogens is 415 g/mol. The predicted octanol–water partition coefficient (Wildman–Crippen LogP) is 0.862. The Kier molecular flexibility index (Phi) is 6.73. The molecule has 0 aromatic carbocycles. The van der Waals surface area contributed by atoms with Crippen LogP contribution in [0.25, 0.3) is 0 Å². The van der Waals surface area contributed by atoms with E-state index in [1.54, 1.807) is 0 Å². The van der Waals surface area contributed by atoms with E-state index in [1.807, 2.05) is 6.92 Å². The quantitative estimate of drug-likeness (QED) is 0.618. The summed E-state index contributed by atoms with van der Waals surface area (Å²) in [5, 5.41) is 0. The van der Waals surface area contributed by atoms with Crippen LogP contribution in [0.5, 0.6) is 0 Å². The normalized spacial score (nSPS) is 28.4. The van der Waals surface area contributed by atoms with E-state index in [9.17, 15) is 28.4 Å². The van der Waals surface area contributed by atoms with Crippen LogP contribution in [-0.2, 0) is 28.6 Å². The van der Waals surface area contributed by atoms with E-state index in [0.29, 0.717) is 11.0 Å². The highest BCUT2D eigenvalue weighted by molar-refractivity contribution is 5.83. The summed E-state index contributed by atoms with van der Waals surface area (Å²) in [6.07, 6.45) is -1.05. The van der Waals surface area contributed by atoms with E-state index in [4.69, 9.17) is 14.2 Å². The number of ether oxygens (including phenoxy) is 3. The van der Waals surface area contributed by atoms with Crippen molar-refractivity contribution in [3.8, 4) is 0 Å². The summed E-state index contributed by atoms with van der Waals surface area (Å²) in [7, 11) is 0. The smallest absolute Gasteiger partial charge is 0.333 e. The zero-order valence-electron chi connectivity index (χ0n) is 17.5. The van der Waals surface area contributed by atoms with Crippen LogP contribution in [0.1, 0.15) is 58.7 Å². The third-order valence-electron chi connectivity index (χ3n) is 5.53. The minimum absolute atomic E-state index is 0.0291. The van der Waals surface area contributed by atoms with Crippen LogP contribution in [0.3, 0.4) is 0 Å². The van der Waals surface area contributed by atoms with Gasteiger partial charge in [0.05, 0.1) is 6.20 Å². The number of aromatic nitrogens is 2. The zero-order chi connectivity index (χ0) is 22.9. The molecule has 1 saturated carbocycles. The lowest BCUT2D eigenvalue weighted by Crippen LogP contribution is -2.47. The molecule has 5 atom stereocenters. The number of hydrogen-bond acceptors (Lipinski definition) is 8. The lowest BCUT2D eigenvalue weighted by atomic mass is 9.86. The molecule has 10 nitrogen and oxygen atoms in total. The van der Waals surface area contributed by atoms with Gasteiger partial charge in [-0.1, -0.05) is 6.92 Å². The molecule has 0 amide bonds. The van der Waals surface area contributed by atoms with Crippen LogP contribution in [0.2, 0.25) is 0 Å². The molecular formula is C20H25FN2O8. The first-order valence-electron chi connectivity index (χ1n) is 10.1. The lowest BCUT2D eigenvalue weighted by molar-refractivity contribution is -0.155. The van der Waals surface area contributed by atoms with Crippen molar-refractivity contribution in [3.63, 3.8) is 0 Å². The fourth-order valence-electron chi connectivity index (χ4n) is 4.06. The van der Waals surface area contributed by atoms with E-state index in [1.165, 1.54) is 13.8 Å². The van der Waals surface area contributed by atoms with Gasteiger partial charge in [-0.2, -0.15) is 4.39 Å². The van der Waals surface area contributed by atoms with Crippen LogP contribution in [-0.4, -0.2) is 45.7 Å². The summed E-state index contributed by atoms with van der Waals surface area (Å²) >= 11 is 0. The van der Waals surface area contributed by atoms with Crippen molar-refractivity contribution >= 4 is 17.7 Å². The lowest BCUT2D eigenvalue weighted by Gasteiger charge is -2.27. The molecule has 2 aliphatic rings.